The van der Waals surface area contributed by atoms with E-state index >= 15 is 0 Å². The molecule has 1 amide bonds. The van der Waals surface area contributed by atoms with Crippen LogP contribution in [0, 0.1) is 13.8 Å². The van der Waals surface area contributed by atoms with Crippen LogP contribution in [-0.4, -0.2) is 31.0 Å². The number of amides is 1. The molecule has 31 heavy (non-hydrogen) atoms. The molecule has 0 aliphatic rings. The molecule has 0 bridgehead atoms. The first-order valence-electron chi connectivity index (χ1n) is 10.0. The van der Waals surface area contributed by atoms with Crippen LogP contribution in [0.5, 0.6) is 0 Å². The second kappa shape index (κ2) is 8.77. The van der Waals surface area contributed by atoms with Gasteiger partial charge in [0.25, 0.3) is 5.56 Å². The van der Waals surface area contributed by atoms with Gasteiger partial charge >= 0.3 is 0 Å². The molecule has 4 rings (SSSR count). The third kappa shape index (κ3) is 4.11. The summed E-state index contributed by atoms with van der Waals surface area (Å²) in [7, 11) is 0. The summed E-state index contributed by atoms with van der Waals surface area (Å²) in [5.41, 5.74) is 3.78. The fraction of sp³-hybridized carbons (Fsp3) is 0.217. The van der Waals surface area contributed by atoms with Crippen LogP contribution in [0.15, 0.2) is 64.5 Å². The molecule has 0 unspecified atom stereocenters. The molecule has 0 fully saturated rings. The summed E-state index contributed by atoms with van der Waals surface area (Å²) in [5.74, 6) is -0.0333. The van der Waals surface area contributed by atoms with Gasteiger partial charge in [-0.15, -0.1) is 0 Å². The Bertz CT molecular complexity index is 1310. The Morgan fingerprint density at radius 1 is 1.06 bits per heavy atom. The van der Waals surface area contributed by atoms with E-state index in [9.17, 15) is 9.59 Å². The largest absolute Gasteiger partial charge is 0.322 e. The number of carbonyl (C=O) groups is 1. The first-order chi connectivity index (χ1) is 15.0. The Labute approximate surface area is 184 Å². The third-order valence-corrected chi connectivity index (χ3v) is 6.01. The lowest BCUT2D eigenvalue weighted by atomic mass is 10.2. The second-order valence-electron chi connectivity index (χ2n) is 7.09. The zero-order chi connectivity index (χ0) is 22.0. The molecule has 0 spiro atoms. The highest BCUT2D eigenvalue weighted by atomic mass is 32.2. The number of nitrogens with zero attached hydrogens (tertiary/aromatic N) is 4. The fourth-order valence-corrected chi connectivity index (χ4v) is 4.35. The number of hydrogen-bond donors (Lipinski definition) is 1. The van der Waals surface area contributed by atoms with Crippen molar-refractivity contribution in [3.8, 4) is 5.69 Å². The van der Waals surface area contributed by atoms with Crippen LogP contribution in [0.1, 0.15) is 18.3 Å². The Kier molecular flexibility index (Phi) is 5.90. The highest BCUT2D eigenvalue weighted by molar-refractivity contribution is 7.99. The van der Waals surface area contributed by atoms with Gasteiger partial charge in [-0.25, -0.2) is 9.67 Å². The van der Waals surface area contributed by atoms with E-state index in [1.165, 1.54) is 11.8 Å². The fourth-order valence-electron chi connectivity index (χ4n) is 3.49. The molecule has 0 aliphatic heterocycles. The minimum absolute atomic E-state index is 0.0909. The van der Waals surface area contributed by atoms with Gasteiger partial charge in [0.15, 0.2) is 5.16 Å². The number of hydrogen-bond acceptors (Lipinski definition) is 5. The molecule has 2 aromatic heterocycles. The van der Waals surface area contributed by atoms with Crippen LogP contribution in [0.25, 0.3) is 16.6 Å². The number of benzene rings is 2. The van der Waals surface area contributed by atoms with E-state index in [1.54, 1.807) is 10.6 Å². The number of para-hydroxylation sites is 2. The van der Waals surface area contributed by atoms with E-state index in [1.807, 2.05) is 74.0 Å². The summed E-state index contributed by atoms with van der Waals surface area (Å²) >= 11 is 1.26. The topological polar surface area (TPSA) is 81.8 Å². The molecule has 0 saturated heterocycles. The van der Waals surface area contributed by atoms with E-state index in [0.717, 1.165) is 17.1 Å². The van der Waals surface area contributed by atoms with Gasteiger partial charge in [-0.1, -0.05) is 42.1 Å². The summed E-state index contributed by atoms with van der Waals surface area (Å²) in [6.07, 6.45) is 0. The molecule has 7 nitrogen and oxygen atoms in total. The lowest BCUT2D eigenvalue weighted by molar-refractivity contribution is -0.113. The molecule has 4 aromatic rings. The number of rotatable bonds is 6. The second-order valence-corrected chi connectivity index (χ2v) is 8.03. The van der Waals surface area contributed by atoms with Gasteiger partial charge in [0.2, 0.25) is 5.91 Å². The number of anilines is 1. The van der Waals surface area contributed by atoms with Gasteiger partial charge in [-0.05, 0) is 45.0 Å². The zero-order valence-corrected chi connectivity index (χ0v) is 18.4. The monoisotopic (exact) mass is 433 g/mol. The van der Waals surface area contributed by atoms with Gasteiger partial charge in [-0.3, -0.25) is 14.2 Å². The lowest BCUT2D eigenvalue weighted by Gasteiger charge is -2.11. The van der Waals surface area contributed by atoms with Crippen molar-refractivity contribution in [2.75, 3.05) is 11.1 Å². The van der Waals surface area contributed by atoms with Crippen molar-refractivity contribution < 1.29 is 4.79 Å². The van der Waals surface area contributed by atoms with Crippen molar-refractivity contribution in [3.05, 3.63) is 76.3 Å². The van der Waals surface area contributed by atoms with E-state index in [4.69, 9.17) is 0 Å². The van der Waals surface area contributed by atoms with Crippen LogP contribution in [0.3, 0.4) is 0 Å². The van der Waals surface area contributed by atoms with Gasteiger partial charge < -0.3 is 5.32 Å². The van der Waals surface area contributed by atoms with Crippen molar-refractivity contribution in [2.45, 2.75) is 32.5 Å². The SMILES string of the molecule is CCn1c(SCC(=O)Nc2c(C)nn(-c3ccccc3)c2C)nc2ccccc2c1=O. The van der Waals surface area contributed by atoms with Crippen molar-refractivity contribution >= 4 is 34.3 Å². The lowest BCUT2D eigenvalue weighted by Crippen LogP contribution is -2.23. The maximum Gasteiger partial charge on any atom is 0.262 e. The zero-order valence-electron chi connectivity index (χ0n) is 17.6. The van der Waals surface area contributed by atoms with Gasteiger partial charge in [-0.2, -0.15) is 5.10 Å². The van der Waals surface area contributed by atoms with Crippen LogP contribution in [0.4, 0.5) is 5.69 Å². The molecule has 0 radical (unpaired) electrons. The number of nitrogens with one attached hydrogen (secondary N) is 1. The molecule has 8 heteroatoms. The molecule has 0 atom stereocenters. The summed E-state index contributed by atoms with van der Waals surface area (Å²) in [4.78, 5) is 30.0. The van der Waals surface area contributed by atoms with E-state index in [2.05, 4.69) is 15.4 Å². The maximum absolute atomic E-state index is 12.7. The third-order valence-electron chi connectivity index (χ3n) is 5.03. The molecule has 0 saturated carbocycles. The summed E-state index contributed by atoms with van der Waals surface area (Å²) in [6.45, 7) is 6.18. The predicted octanol–water partition coefficient (Wildman–Crippen LogP) is 3.95. The first-order valence-corrected chi connectivity index (χ1v) is 11.0. The quantitative estimate of drug-likeness (QED) is 0.368. The molecule has 0 aliphatic carbocycles. The number of aromatic nitrogens is 4. The van der Waals surface area contributed by atoms with Gasteiger partial charge in [0, 0.05) is 6.54 Å². The summed E-state index contributed by atoms with van der Waals surface area (Å²) < 4.78 is 3.42. The molecule has 1 N–H and O–H groups in total. The number of aryl methyl sites for hydroxylation is 1. The van der Waals surface area contributed by atoms with Crippen molar-refractivity contribution in [2.24, 2.45) is 0 Å². The highest BCUT2D eigenvalue weighted by Gasteiger charge is 2.17. The average molecular weight is 434 g/mol. The molecular formula is C23H23N5O2S. The van der Waals surface area contributed by atoms with Crippen molar-refractivity contribution in [1.82, 2.24) is 19.3 Å². The predicted molar refractivity (Wildman–Crippen MR) is 124 cm³/mol. The van der Waals surface area contributed by atoms with E-state index < -0.39 is 0 Å². The average Bonchev–Trinajstić information content (AvgIpc) is 3.06. The van der Waals surface area contributed by atoms with Crippen molar-refractivity contribution in [3.63, 3.8) is 0 Å². The maximum atomic E-state index is 12.7. The standard InChI is InChI=1S/C23H23N5O2S/c1-4-27-22(30)18-12-8-9-13-19(18)24-23(27)31-14-20(29)25-21-15(2)26-28(16(21)3)17-10-6-5-7-11-17/h5-13H,4,14H2,1-3H3,(H,25,29). The molecule has 2 heterocycles. The summed E-state index contributed by atoms with van der Waals surface area (Å²) in [6, 6.07) is 17.0. The minimum Gasteiger partial charge on any atom is -0.322 e. The Hall–Kier alpha value is -3.39. The van der Waals surface area contributed by atoms with Crippen molar-refractivity contribution in [1.29, 1.82) is 0 Å². The number of thioether (sulfide) groups is 1. The smallest absolute Gasteiger partial charge is 0.262 e. The number of fused-ring (bicyclic) bond motifs is 1. The van der Waals surface area contributed by atoms with E-state index in [0.29, 0.717) is 28.3 Å². The molecule has 158 valence electrons. The van der Waals surface area contributed by atoms with Crippen LogP contribution in [0.2, 0.25) is 0 Å². The Morgan fingerprint density at radius 2 is 1.77 bits per heavy atom. The Balaban J connectivity index is 1.53. The van der Waals surface area contributed by atoms with Gasteiger partial charge in [0.1, 0.15) is 0 Å². The number of carbonyl (C=O) groups excluding carboxylic acids is 1. The van der Waals surface area contributed by atoms with E-state index in [-0.39, 0.29) is 17.2 Å². The minimum atomic E-state index is -0.172. The normalized spacial score (nSPS) is 11.1. The Morgan fingerprint density at radius 3 is 2.52 bits per heavy atom. The van der Waals surface area contributed by atoms with Crippen LogP contribution < -0.4 is 10.9 Å². The van der Waals surface area contributed by atoms with Gasteiger partial charge in [0.05, 0.1) is 39.4 Å². The van der Waals surface area contributed by atoms with Crippen LogP contribution in [-0.2, 0) is 11.3 Å². The molecular weight excluding hydrogens is 410 g/mol. The summed E-state index contributed by atoms with van der Waals surface area (Å²) in [5, 5.41) is 8.65. The van der Waals surface area contributed by atoms with Crippen LogP contribution >= 0.6 is 11.8 Å². The highest BCUT2D eigenvalue weighted by Crippen LogP contribution is 2.24. The molecule has 2 aromatic carbocycles. The first kappa shape index (κ1) is 20.9.